The summed E-state index contributed by atoms with van der Waals surface area (Å²) in [6.45, 7) is 9.42. The number of carbonyl (C=O) groups is 1. The fourth-order valence-electron chi connectivity index (χ4n) is 2.53. The lowest BCUT2D eigenvalue weighted by Gasteiger charge is -2.15. The molecular weight excluding hydrogens is 341 g/mol. The van der Waals surface area contributed by atoms with Gasteiger partial charge in [-0.25, -0.2) is 4.79 Å². The monoisotopic (exact) mass is 359 g/mol. The van der Waals surface area contributed by atoms with E-state index >= 15 is 0 Å². The molecular formula is C14H18INO2. The van der Waals surface area contributed by atoms with Gasteiger partial charge in [0, 0.05) is 18.6 Å². The normalized spacial score (nSPS) is 16.2. The van der Waals surface area contributed by atoms with Gasteiger partial charge >= 0.3 is 5.97 Å². The minimum absolute atomic E-state index is 0. The van der Waals surface area contributed by atoms with E-state index in [0.717, 1.165) is 17.8 Å². The second-order valence-electron chi connectivity index (χ2n) is 4.99. The summed E-state index contributed by atoms with van der Waals surface area (Å²) >= 11 is 0. The van der Waals surface area contributed by atoms with Crippen LogP contribution in [-0.4, -0.2) is 27.9 Å². The number of carboxylic acid groups (broad SMARTS) is 1. The van der Waals surface area contributed by atoms with Crippen molar-refractivity contribution >= 4 is 17.4 Å². The Hall–Kier alpha value is -0.910. The van der Waals surface area contributed by atoms with Crippen molar-refractivity contribution < 1.29 is 38.5 Å². The molecule has 0 spiro atoms. The summed E-state index contributed by atoms with van der Waals surface area (Å²) in [6, 6.07) is 5.40. The molecule has 0 bridgehead atoms. The van der Waals surface area contributed by atoms with Crippen LogP contribution < -0.4 is 24.0 Å². The number of nitrogens with zero attached hydrogens (tertiary/aromatic N) is 1. The van der Waals surface area contributed by atoms with Gasteiger partial charge in [0.1, 0.15) is 6.54 Å². The molecule has 0 saturated heterocycles. The van der Waals surface area contributed by atoms with E-state index in [-0.39, 0.29) is 29.4 Å². The van der Waals surface area contributed by atoms with Crippen LogP contribution in [0.25, 0.3) is 0 Å². The Balaban J connectivity index is 0.00000162. The topological polar surface area (TPSA) is 40.3 Å². The first-order chi connectivity index (χ1) is 7.89. The molecule has 0 aromatic heterocycles. The second kappa shape index (κ2) is 4.99. The zero-order chi connectivity index (χ0) is 12.8. The Bertz CT molecular complexity index is 533. The maximum atomic E-state index is 11.0. The first-order valence-electron chi connectivity index (χ1n) is 5.89. The van der Waals surface area contributed by atoms with Crippen LogP contribution in [0.15, 0.2) is 18.2 Å². The van der Waals surface area contributed by atoms with Crippen molar-refractivity contribution in [1.82, 2.24) is 0 Å². The lowest BCUT2D eigenvalue weighted by Crippen LogP contribution is -3.00. The molecule has 0 amide bonds. The summed E-state index contributed by atoms with van der Waals surface area (Å²) < 4.78 is 2.25. The predicted molar refractivity (Wildman–Crippen MR) is 67.6 cm³/mol. The molecule has 3 nitrogen and oxygen atoms in total. The van der Waals surface area contributed by atoms with Crippen molar-refractivity contribution in [3.8, 4) is 0 Å². The summed E-state index contributed by atoms with van der Waals surface area (Å²) in [7, 11) is 0. The van der Waals surface area contributed by atoms with Crippen molar-refractivity contribution in [1.29, 1.82) is 0 Å². The van der Waals surface area contributed by atoms with Gasteiger partial charge in [-0.15, -0.1) is 0 Å². The van der Waals surface area contributed by atoms with Crippen LogP contribution >= 0.6 is 0 Å². The van der Waals surface area contributed by atoms with Gasteiger partial charge in [-0.2, -0.15) is 4.58 Å². The highest BCUT2D eigenvalue weighted by Crippen LogP contribution is 2.39. The maximum Gasteiger partial charge on any atom is 0.335 e. The number of benzene rings is 1. The Morgan fingerprint density at radius 1 is 1.39 bits per heavy atom. The van der Waals surface area contributed by atoms with Crippen molar-refractivity contribution in [2.45, 2.75) is 33.1 Å². The minimum Gasteiger partial charge on any atom is -1.00 e. The van der Waals surface area contributed by atoms with Gasteiger partial charge in [0.25, 0.3) is 0 Å². The van der Waals surface area contributed by atoms with Gasteiger partial charge < -0.3 is 29.1 Å². The van der Waals surface area contributed by atoms with Crippen LogP contribution in [0, 0.1) is 0 Å². The van der Waals surface area contributed by atoms with Gasteiger partial charge in [-0.1, -0.05) is 0 Å². The van der Waals surface area contributed by atoms with E-state index in [1.54, 1.807) is 12.1 Å². The Kier molecular flexibility index (Phi) is 4.20. The van der Waals surface area contributed by atoms with Crippen molar-refractivity contribution in [3.63, 3.8) is 0 Å². The zero-order valence-electron chi connectivity index (χ0n) is 11.1. The molecule has 0 radical (unpaired) electrons. The quantitative estimate of drug-likeness (QED) is 0.587. The first-order valence-corrected chi connectivity index (χ1v) is 5.89. The minimum atomic E-state index is -0.865. The lowest BCUT2D eigenvalue weighted by atomic mass is 9.81. The molecule has 0 unspecified atom stereocenters. The van der Waals surface area contributed by atoms with Gasteiger partial charge in [0.2, 0.25) is 5.69 Å². The van der Waals surface area contributed by atoms with Gasteiger partial charge in [0.15, 0.2) is 5.71 Å². The molecule has 0 fully saturated rings. The van der Waals surface area contributed by atoms with Crippen molar-refractivity contribution in [2.75, 3.05) is 6.54 Å². The summed E-state index contributed by atoms with van der Waals surface area (Å²) in [4.78, 5) is 11.0. The first kappa shape index (κ1) is 15.1. The number of hydrogen-bond donors (Lipinski definition) is 1. The summed E-state index contributed by atoms with van der Waals surface area (Å²) in [6.07, 6.45) is 0. The number of halogens is 1. The number of aromatic carboxylic acids is 1. The van der Waals surface area contributed by atoms with E-state index in [0.29, 0.717) is 5.56 Å². The molecule has 1 aromatic carbocycles. The van der Waals surface area contributed by atoms with Gasteiger partial charge in [0.05, 0.1) is 11.0 Å². The average Bonchev–Trinajstić information content (AvgIpc) is 2.47. The van der Waals surface area contributed by atoms with Crippen LogP contribution in [0.3, 0.4) is 0 Å². The second-order valence-corrected chi connectivity index (χ2v) is 4.99. The molecule has 1 aliphatic rings. The zero-order valence-corrected chi connectivity index (χ0v) is 13.3. The molecule has 0 aliphatic carbocycles. The number of carboxylic acids is 1. The molecule has 2 rings (SSSR count). The van der Waals surface area contributed by atoms with E-state index < -0.39 is 5.97 Å². The Labute approximate surface area is 125 Å². The highest BCUT2D eigenvalue weighted by Gasteiger charge is 2.42. The fraction of sp³-hybridized carbons (Fsp3) is 0.429. The van der Waals surface area contributed by atoms with Crippen LogP contribution in [-0.2, 0) is 5.41 Å². The standard InChI is InChI=1S/C14H17NO2.HI/c1-5-15-9(2)14(3,4)11-8-10(13(16)17)6-7-12(11)15;/h6-8H,5H2,1-4H3;1H. The van der Waals surface area contributed by atoms with Crippen LogP contribution in [0.4, 0.5) is 5.69 Å². The number of rotatable bonds is 2. The van der Waals surface area contributed by atoms with Crippen LogP contribution in [0.5, 0.6) is 0 Å². The molecule has 0 saturated carbocycles. The summed E-state index contributed by atoms with van der Waals surface area (Å²) in [5.41, 5.74) is 3.80. The largest absolute Gasteiger partial charge is 1.00 e. The molecule has 98 valence electrons. The molecule has 1 N–H and O–H groups in total. The van der Waals surface area contributed by atoms with E-state index in [2.05, 4.69) is 32.3 Å². The SMILES string of the molecule is CC[N+]1=C(C)C(C)(C)c2cc(C(=O)O)ccc21.[I-]. The van der Waals surface area contributed by atoms with E-state index in [1.165, 1.54) is 5.71 Å². The average molecular weight is 359 g/mol. The Morgan fingerprint density at radius 3 is 2.50 bits per heavy atom. The van der Waals surface area contributed by atoms with Crippen molar-refractivity contribution in [2.24, 2.45) is 0 Å². The Morgan fingerprint density at radius 2 is 2.00 bits per heavy atom. The molecule has 1 heterocycles. The maximum absolute atomic E-state index is 11.0. The summed E-state index contributed by atoms with van der Waals surface area (Å²) in [5.74, 6) is -0.865. The molecule has 18 heavy (non-hydrogen) atoms. The number of fused-ring (bicyclic) bond motifs is 1. The third kappa shape index (κ3) is 2.06. The lowest BCUT2D eigenvalue weighted by molar-refractivity contribution is -0.434. The number of hydrogen-bond acceptors (Lipinski definition) is 1. The molecule has 0 atom stereocenters. The fourth-order valence-corrected chi connectivity index (χ4v) is 2.53. The predicted octanol–water partition coefficient (Wildman–Crippen LogP) is -0.195. The van der Waals surface area contributed by atoms with Crippen LogP contribution in [0.2, 0.25) is 0 Å². The third-order valence-electron chi connectivity index (χ3n) is 3.83. The highest BCUT2D eigenvalue weighted by molar-refractivity contribution is 5.95. The molecule has 1 aliphatic heterocycles. The highest BCUT2D eigenvalue weighted by atomic mass is 127. The van der Waals surface area contributed by atoms with Gasteiger partial charge in [-0.05, 0) is 32.9 Å². The van der Waals surface area contributed by atoms with E-state index in [1.807, 2.05) is 6.07 Å². The molecule has 1 aromatic rings. The van der Waals surface area contributed by atoms with Crippen LogP contribution in [0.1, 0.15) is 43.6 Å². The third-order valence-corrected chi connectivity index (χ3v) is 3.83. The van der Waals surface area contributed by atoms with E-state index in [4.69, 9.17) is 5.11 Å². The van der Waals surface area contributed by atoms with Gasteiger partial charge in [-0.3, -0.25) is 0 Å². The van der Waals surface area contributed by atoms with Crippen molar-refractivity contribution in [3.05, 3.63) is 29.3 Å². The summed E-state index contributed by atoms with van der Waals surface area (Å²) in [5, 5.41) is 9.05. The molecule has 4 heteroatoms. The van der Waals surface area contributed by atoms with E-state index in [9.17, 15) is 4.79 Å². The smallest absolute Gasteiger partial charge is 0.335 e.